The molecule has 72 valence electrons. The largest absolute Gasteiger partial charge is 0.396 e. The highest BCUT2D eigenvalue weighted by molar-refractivity contribution is 7.71. The summed E-state index contributed by atoms with van der Waals surface area (Å²) in [5.74, 6) is 0. The lowest BCUT2D eigenvalue weighted by atomic mass is 10.1. The smallest absolute Gasteiger partial charge is 0.254 e. The number of rotatable bonds is 3. The molecule has 0 aliphatic carbocycles. The average molecular weight is 200 g/mol. The number of nitrogens with one attached hydrogen (secondary N) is 2. The summed E-state index contributed by atoms with van der Waals surface area (Å²) in [6, 6.07) is 0. The van der Waals surface area contributed by atoms with Crippen molar-refractivity contribution < 1.29 is 5.11 Å². The maximum Gasteiger partial charge on any atom is 0.254 e. The third-order valence-electron chi connectivity index (χ3n) is 1.87. The zero-order valence-corrected chi connectivity index (χ0v) is 8.20. The third-order valence-corrected chi connectivity index (χ3v) is 2.07. The number of hydrogen-bond acceptors (Lipinski definition) is 3. The molecule has 0 aromatic carbocycles. The lowest BCUT2D eigenvalue weighted by Crippen LogP contribution is -2.15. The molecule has 0 fully saturated rings. The molecule has 0 aliphatic heterocycles. The number of hydrogen-bond donors (Lipinski definition) is 3. The highest BCUT2D eigenvalue weighted by Gasteiger charge is 2.01. The lowest BCUT2D eigenvalue weighted by Gasteiger charge is -2.02. The van der Waals surface area contributed by atoms with Gasteiger partial charge in [0, 0.05) is 17.9 Å². The SMILES string of the molecule is Cc1c(CCCO)[nH]c(=S)[nH]c1=O. The molecule has 0 spiro atoms. The summed E-state index contributed by atoms with van der Waals surface area (Å²) in [5, 5.41) is 8.63. The third kappa shape index (κ3) is 2.50. The van der Waals surface area contributed by atoms with E-state index in [0.717, 1.165) is 5.69 Å². The fraction of sp³-hybridized carbons (Fsp3) is 0.500. The Hall–Kier alpha value is -0.940. The Morgan fingerprint density at radius 2 is 2.15 bits per heavy atom. The predicted molar refractivity (Wildman–Crippen MR) is 52.4 cm³/mol. The fourth-order valence-electron chi connectivity index (χ4n) is 1.10. The van der Waals surface area contributed by atoms with Crippen LogP contribution in [0.1, 0.15) is 17.7 Å². The standard InChI is InChI=1S/C8H12N2O2S/c1-5-6(3-2-4-11)9-8(13)10-7(5)12/h11H,2-4H2,1H3,(H2,9,10,12,13). The van der Waals surface area contributed by atoms with Gasteiger partial charge < -0.3 is 10.1 Å². The van der Waals surface area contributed by atoms with Crippen molar-refractivity contribution in [3.8, 4) is 0 Å². The molecular weight excluding hydrogens is 188 g/mol. The second-order valence-electron chi connectivity index (χ2n) is 2.84. The van der Waals surface area contributed by atoms with E-state index >= 15 is 0 Å². The molecule has 0 atom stereocenters. The van der Waals surface area contributed by atoms with Crippen LogP contribution >= 0.6 is 12.2 Å². The molecule has 1 aromatic heterocycles. The van der Waals surface area contributed by atoms with Crippen molar-refractivity contribution in [3.63, 3.8) is 0 Å². The monoisotopic (exact) mass is 200 g/mol. The first-order valence-electron chi connectivity index (χ1n) is 4.08. The molecule has 0 bridgehead atoms. The molecule has 1 aromatic rings. The van der Waals surface area contributed by atoms with Gasteiger partial charge >= 0.3 is 0 Å². The number of H-pyrrole nitrogens is 2. The van der Waals surface area contributed by atoms with Crippen LogP contribution in [0.25, 0.3) is 0 Å². The van der Waals surface area contributed by atoms with Gasteiger partial charge in [0.1, 0.15) is 0 Å². The van der Waals surface area contributed by atoms with Gasteiger partial charge in [0.25, 0.3) is 5.56 Å². The Balaban J connectivity index is 3.06. The summed E-state index contributed by atoms with van der Waals surface area (Å²) >= 11 is 4.82. The number of aromatic nitrogens is 2. The minimum absolute atomic E-state index is 0.118. The maximum absolute atomic E-state index is 11.2. The molecule has 0 amide bonds. The van der Waals surface area contributed by atoms with Gasteiger partial charge in [-0.15, -0.1) is 0 Å². The van der Waals surface area contributed by atoms with Gasteiger partial charge in [-0.05, 0) is 32.0 Å². The van der Waals surface area contributed by atoms with Crippen LogP contribution in [0.5, 0.6) is 0 Å². The Kier molecular flexibility index (Phi) is 3.39. The van der Waals surface area contributed by atoms with Crippen molar-refractivity contribution in [2.45, 2.75) is 19.8 Å². The fourth-order valence-corrected chi connectivity index (χ4v) is 1.32. The predicted octanol–water partition coefficient (Wildman–Crippen LogP) is 0.666. The van der Waals surface area contributed by atoms with E-state index in [1.165, 1.54) is 0 Å². The van der Waals surface area contributed by atoms with Crippen LogP contribution in [-0.2, 0) is 6.42 Å². The van der Waals surface area contributed by atoms with Crippen molar-refractivity contribution in [1.29, 1.82) is 0 Å². The van der Waals surface area contributed by atoms with Gasteiger partial charge in [0.05, 0.1) is 0 Å². The molecule has 3 N–H and O–H groups in total. The van der Waals surface area contributed by atoms with Crippen molar-refractivity contribution in [2.75, 3.05) is 6.61 Å². The average Bonchev–Trinajstić information content (AvgIpc) is 2.09. The molecule has 1 heterocycles. The summed E-state index contributed by atoms with van der Waals surface area (Å²) in [6.45, 7) is 1.85. The summed E-state index contributed by atoms with van der Waals surface area (Å²) in [6.07, 6.45) is 1.28. The Labute approximate surface area is 80.6 Å². The highest BCUT2D eigenvalue weighted by atomic mass is 32.1. The van der Waals surface area contributed by atoms with Gasteiger partial charge in [0.15, 0.2) is 4.77 Å². The first-order chi connectivity index (χ1) is 6.15. The molecule has 0 saturated carbocycles. The second-order valence-corrected chi connectivity index (χ2v) is 3.25. The minimum Gasteiger partial charge on any atom is -0.396 e. The van der Waals surface area contributed by atoms with E-state index in [-0.39, 0.29) is 12.2 Å². The molecule has 5 heteroatoms. The number of aliphatic hydroxyl groups is 1. The molecule has 0 aliphatic rings. The second kappa shape index (κ2) is 4.34. The van der Waals surface area contributed by atoms with Gasteiger partial charge in [0.2, 0.25) is 0 Å². The number of aliphatic hydroxyl groups excluding tert-OH is 1. The quantitative estimate of drug-likeness (QED) is 0.628. The summed E-state index contributed by atoms with van der Waals surface area (Å²) in [7, 11) is 0. The normalized spacial score (nSPS) is 10.3. The Morgan fingerprint density at radius 1 is 1.46 bits per heavy atom. The van der Waals surface area contributed by atoms with Crippen LogP contribution < -0.4 is 5.56 Å². The van der Waals surface area contributed by atoms with E-state index in [1.54, 1.807) is 6.92 Å². The van der Waals surface area contributed by atoms with Crippen molar-refractivity contribution in [2.24, 2.45) is 0 Å². The Bertz CT molecular complexity index is 394. The Morgan fingerprint density at radius 3 is 2.77 bits per heavy atom. The van der Waals surface area contributed by atoms with Crippen molar-refractivity contribution >= 4 is 12.2 Å². The first-order valence-corrected chi connectivity index (χ1v) is 4.49. The molecule has 1 rings (SSSR count). The molecule has 0 saturated heterocycles. The molecule has 0 radical (unpaired) electrons. The molecular formula is C8H12N2O2S. The minimum atomic E-state index is -0.156. The maximum atomic E-state index is 11.2. The first kappa shape index (κ1) is 10.1. The van der Waals surface area contributed by atoms with E-state index < -0.39 is 0 Å². The van der Waals surface area contributed by atoms with E-state index in [1.807, 2.05) is 0 Å². The van der Waals surface area contributed by atoms with E-state index in [4.69, 9.17) is 17.3 Å². The van der Waals surface area contributed by atoms with Crippen molar-refractivity contribution in [1.82, 2.24) is 9.97 Å². The van der Waals surface area contributed by atoms with E-state index in [2.05, 4.69) is 9.97 Å². The van der Waals surface area contributed by atoms with Crippen LogP contribution in [0.4, 0.5) is 0 Å². The number of aromatic amines is 2. The lowest BCUT2D eigenvalue weighted by molar-refractivity contribution is 0.288. The van der Waals surface area contributed by atoms with Crippen LogP contribution in [0.15, 0.2) is 4.79 Å². The summed E-state index contributed by atoms with van der Waals surface area (Å²) < 4.78 is 0.337. The van der Waals surface area contributed by atoms with Crippen LogP contribution in [0, 0.1) is 11.7 Å². The van der Waals surface area contributed by atoms with Crippen molar-refractivity contribution in [3.05, 3.63) is 26.4 Å². The zero-order valence-electron chi connectivity index (χ0n) is 7.39. The molecule has 4 nitrogen and oxygen atoms in total. The highest BCUT2D eigenvalue weighted by Crippen LogP contribution is 2.00. The van der Waals surface area contributed by atoms with Crippen LogP contribution in [0.2, 0.25) is 0 Å². The van der Waals surface area contributed by atoms with Gasteiger partial charge in [-0.25, -0.2) is 0 Å². The summed E-state index contributed by atoms with van der Waals surface area (Å²) in [4.78, 5) is 16.6. The molecule has 13 heavy (non-hydrogen) atoms. The van der Waals surface area contributed by atoms with Gasteiger partial charge in [-0.1, -0.05) is 0 Å². The van der Waals surface area contributed by atoms with Crippen LogP contribution in [-0.4, -0.2) is 21.7 Å². The molecule has 0 unspecified atom stereocenters. The number of aryl methyl sites for hydroxylation is 1. The zero-order chi connectivity index (χ0) is 9.84. The topological polar surface area (TPSA) is 68.9 Å². The summed E-state index contributed by atoms with van der Waals surface area (Å²) in [5.41, 5.74) is 1.29. The van der Waals surface area contributed by atoms with Crippen LogP contribution in [0.3, 0.4) is 0 Å². The van der Waals surface area contributed by atoms with E-state index in [0.29, 0.717) is 23.2 Å². The van der Waals surface area contributed by atoms with E-state index in [9.17, 15) is 4.79 Å². The van der Waals surface area contributed by atoms with Gasteiger partial charge in [-0.2, -0.15) is 0 Å². The van der Waals surface area contributed by atoms with Gasteiger partial charge in [-0.3, -0.25) is 9.78 Å².